The highest BCUT2D eigenvalue weighted by Gasteiger charge is 2.18. The highest BCUT2D eigenvalue weighted by Crippen LogP contribution is 2.15. The first-order valence-electron chi connectivity index (χ1n) is 5.72. The van der Waals surface area contributed by atoms with Gasteiger partial charge in [0, 0.05) is 32.4 Å². The van der Waals surface area contributed by atoms with Gasteiger partial charge in [-0.3, -0.25) is 4.99 Å². The van der Waals surface area contributed by atoms with Crippen molar-refractivity contribution in [3.8, 4) is 0 Å². The molecule has 1 rings (SSSR count). The second-order valence-electron chi connectivity index (χ2n) is 4.16. The molecule has 0 radical (unpaired) electrons. The summed E-state index contributed by atoms with van der Waals surface area (Å²) < 4.78 is 0. The monoisotopic (exact) mass is 357 g/mol. The summed E-state index contributed by atoms with van der Waals surface area (Å²) in [6, 6.07) is 0. The van der Waals surface area contributed by atoms with Crippen molar-refractivity contribution in [1.29, 1.82) is 0 Å². The second kappa shape index (κ2) is 9.39. The van der Waals surface area contributed by atoms with Gasteiger partial charge < -0.3 is 10.2 Å². The average molecular weight is 357 g/mol. The van der Waals surface area contributed by atoms with Crippen LogP contribution in [0, 0.1) is 5.92 Å². The first-order chi connectivity index (χ1) is 7.27. The molecule has 0 bridgehead atoms. The van der Waals surface area contributed by atoms with Crippen LogP contribution in [0.15, 0.2) is 4.99 Å². The van der Waals surface area contributed by atoms with Gasteiger partial charge in [-0.2, -0.15) is 11.8 Å². The largest absolute Gasteiger partial charge is 0.355 e. The zero-order chi connectivity index (χ0) is 11.1. The van der Waals surface area contributed by atoms with Crippen LogP contribution in [-0.2, 0) is 0 Å². The van der Waals surface area contributed by atoms with Crippen LogP contribution in [-0.4, -0.2) is 49.6 Å². The van der Waals surface area contributed by atoms with E-state index in [0.717, 1.165) is 37.3 Å². The number of hydrogen-bond donors (Lipinski definition) is 1. The molecule has 0 aliphatic carbocycles. The summed E-state index contributed by atoms with van der Waals surface area (Å²) >= 11 is 1.87. The van der Waals surface area contributed by atoms with Crippen molar-refractivity contribution in [2.75, 3.05) is 38.7 Å². The van der Waals surface area contributed by atoms with Crippen molar-refractivity contribution >= 4 is 41.7 Å². The van der Waals surface area contributed by atoms with Crippen LogP contribution in [0.1, 0.15) is 19.8 Å². The molecule has 96 valence electrons. The molecule has 3 nitrogen and oxygen atoms in total. The molecule has 0 saturated carbocycles. The summed E-state index contributed by atoms with van der Waals surface area (Å²) in [6.45, 7) is 5.64. The van der Waals surface area contributed by atoms with E-state index in [2.05, 4.69) is 28.4 Å². The molecule has 0 aromatic heterocycles. The minimum Gasteiger partial charge on any atom is -0.355 e. The SMILES string of the molecule is CN=C(NCCSC)N1CCCC(C)C1.I. The molecular weight excluding hydrogens is 333 g/mol. The zero-order valence-electron chi connectivity index (χ0n) is 10.5. The molecule has 16 heavy (non-hydrogen) atoms. The molecule has 1 heterocycles. The van der Waals surface area contributed by atoms with Crippen molar-refractivity contribution in [3.63, 3.8) is 0 Å². The van der Waals surface area contributed by atoms with E-state index in [1.807, 2.05) is 18.8 Å². The molecule has 0 amide bonds. The summed E-state index contributed by atoms with van der Waals surface area (Å²) in [5.74, 6) is 3.02. The van der Waals surface area contributed by atoms with Crippen LogP contribution in [0.25, 0.3) is 0 Å². The summed E-state index contributed by atoms with van der Waals surface area (Å²) in [6.07, 6.45) is 4.79. The minimum absolute atomic E-state index is 0. The van der Waals surface area contributed by atoms with Gasteiger partial charge in [-0.05, 0) is 25.0 Å². The van der Waals surface area contributed by atoms with Crippen molar-refractivity contribution in [3.05, 3.63) is 0 Å². The number of hydrogen-bond acceptors (Lipinski definition) is 2. The highest BCUT2D eigenvalue weighted by molar-refractivity contribution is 14.0. The van der Waals surface area contributed by atoms with Gasteiger partial charge in [0.2, 0.25) is 0 Å². The molecule has 1 saturated heterocycles. The zero-order valence-corrected chi connectivity index (χ0v) is 13.7. The van der Waals surface area contributed by atoms with Gasteiger partial charge >= 0.3 is 0 Å². The fourth-order valence-corrected chi connectivity index (χ4v) is 2.29. The Morgan fingerprint density at radius 1 is 1.56 bits per heavy atom. The first kappa shape index (κ1) is 16.4. The lowest BCUT2D eigenvalue weighted by atomic mass is 10.0. The molecular formula is C11H24IN3S. The Bertz CT molecular complexity index is 211. The molecule has 5 heteroatoms. The molecule has 0 aromatic carbocycles. The van der Waals surface area contributed by atoms with Gasteiger partial charge in [-0.15, -0.1) is 24.0 Å². The number of aliphatic imine (C=N–C) groups is 1. The Hall–Kier alpha value is 0.350. The number of rotatable bonds is 3. The van der Waals surface area contributed by atoms with Gasteiger partial charge in [0.05, 0.1) is 0 Å². The Kier molecular flexibility index (Phi) is 9.59. The standard InChI is InChI=1S/C11H23N3S.HI/c1-10-5-4-7-14(9-10)11(12-2)13-6-8-15-3;/h10H,4-9H2,1-3H3,(H,12,13);1H. The van der Waals surface area contributed by atoms with Crippen molar-refractivity contribution in [1.82, 2.24) is 10.2 Å². The number of likely N-dealkylation sites (tertiary alicyclic amines) is 1. The number of halogens is 1. The molecule has 0 spiro atoms. The van der Waals surface area contributed by atoms with Crippen LogP contribution in [0.2, 0.25) is 0 Å². The number of nitrogens with zero attached hydrogens (tertiary/aromatic N) is 2. The smallest absolute Gasteiger partial charge is 0.193 e. The van der Waals surface area contributed by atoms with Gasteiger partial charge in [0.1, 0.15) is 0 Å². The van der Waals surface area contributed by atoms with E-state index < -0.39 is 0 Å². The fraction of sp³-hybridized carbons (Fsp3) is 0.909. The fourth-order valence-electron chi connectivity index (χ4n) is 1.98. The third-order valence-electron chi connectivity index (χ3n) is 2.76. The van der Waals surface area contributed by atoms with Crippen LogP contribution in [0.3, 0.4) is 0 Å². The average Bonchev–Trinajstić information content (AvgIpc) is 2.24. The Morgan fingerprint density at radius 3 is 2.88 bits per heavy atom. The summed E-state index contributed by atoms with van der Waals surface area (Å²) in [7, 11) is 1.88. The van der Waals surface area contributed by atoms with E-state index in [9.17, 15) is 0 Å². The Morgan fingerprint density at radius 2 is 2.31 bits per heavy atom. The van der Waals surface area contributed by atoms with Gasteiger partial charge in [0.25, 0.3) is 0 Å². The lowest BCUT2D eigenvalue weighted by molar-refractivity contribution is 0.266. The summed E-state index contributed by atoms with van der Waals surface area (Å²) in [5.41, 5.74) is 0. The second-order valence-corrected chi connectivity index (χ2v) is 5.15. The van der Waals surface area contributed by atoms with Crippen molar-refractivity contribution < 1.29 is 0 Å². The molecule has 1 N–H and O–H groups in total. The Labute approximate surface area is 121 Å². The predicted octanol–water partition coefficient (Wildman–Crippen LogP) is 2.27. The van der Waals surface area contributed by atoms with Crippen LogP contribution in [0.4, 0.5) is 0 Å². The first-order valence-corrected chi connectivity index (χ1v) is 7.12. The van der Waals surface area contributed by atoms with Gasteiger partial charge in [-0.25, -0.2) is 0 Å². The van der Waals surface area contributed by atoms with Crippen molar-refractivity contribution in [2.24, 2.45) is 10.9 Å². The molecule has 1 aliphatic rings. The van der Waals surface area contributed by atoms with Gasteiger partial charge in [0.15, 0.2) is 5.96 Å². The number of nitrogens with one attached hydrogen (secondary N) is 1. The molecule has 0 aromatic rings. The third-order valence-corrected chi connectivity index (χ3v) is 3.37. The van der Waals surface area contributed by atoms with E-state index >= 15 is 0 Å². The molecule has 1 unspecified atom stereocenters. The number of guanidine groups is 1. The maximum atomic E-state index is 4.34. The normalized spacial score (nSPS) is 21.6. The topological polar surface area (TPSA) is 27.6 Å². The molecule has 1 aliphatic heterocycles. The van der Waals surface area contributed by atoms with E-state index in [1.54, 1.807) is 0 Å². The van der Waals surface area contributed by atoms with Crippen molar-refractivity contribution in [2.45, 2.75) is 19.8 Å². The van der Waals surface area contributed by atoms with Crippen LogP contribution >= 0.6 is 35.7 Å². The Balaban J connectivity index is 0.00000225. The van der Waals surface area contributed by atoms with E-state index in [-0.39, 0.29) is 24.0 Å². The number of thioether (sulfide) groups is 1. The third kappa shape index (κ3) is 5.61. The molecule has 1 fully saturated rings. The summed E-state index contributed by atoms with van der Waals surface area (Å²) in [4.78, 5) is 6.72. The highest BCUT2D eigenvalue weighted by atomic mass is 127. The van der Waals surface area contributed by atoms with E-state index in [4.69, 9.17) is 0 Å². The maximum absolute atomic E-state index is 4.34. The lowest BCUT2D eigenvalue weighted by Gasteiger charge is -2.33. The van der Waals surface area contributed by atoms with Crippen LogP contribution < -0.4 is 5.32 Å². The lowest BCUT2D eigenvalue weighted by Crippen LogP contribution is -2.46. The predicted molar refractivity (Wildman–Crippen MR) is 85.1 cm³/mol. The number of piperidine rings is 1. The maximum Gasteiger partial charge on any atom is 0.193 e. The van der Waals surface area contributed by atoms with E-state index in [0.29, 0.717) is 0 Å². The summed E-state index contributed by atoms with van der Waals surface area (Å²) in [5, 5.41) is 3.42. The minimum atomic E-state index is 0. The van der Waals surface area contributed by atoms with Gasteiger partial charge in [-0.1, -0.05) is 6.92 Å². The quantitative estimate of drug-likeness (QED) is 0.364. The molecule has 1 atom stereocenters. The van der Waals surface area contributed by atoms with E-state index in [1.165, 1.54) is 12.8 Å². The van der Waals surface area contributed by atoms with Crippen LogP contribution in [0.5, 0.6) is 0 Å².